The van der Waals surface area contributed by atoms with Gasteiger partial charge in [-0.2, -0.15) is 0 Å². The van der Waals surface area contributed by atoms with Crippen molar-refractivity contribution in [2.75, 3.05) is 0 Å². The van der Waals surface area contributed by atoms with E-state index in [9.17, 15) is 5.11 Å². The van der Waals surface area contributed by atoms with E-state index in [2.05, 4.69) is 6.92 Å². The van der Waals surface area contributed by atoms with Gasteiger partial charge in [-0.05, 0) is 37.0 Å². The minimum absolute atomic E-state index is 0.0115. The van der Waals surface area contributed by atoms with E-state index in [0.717, 1.165) is 18.3 Å². The highest BCUT2D eigenvalue weighted by Crippen LogP contribution is 2.37. The maximum Gasteiger partial charge on any atom is 0.0571 e. The fraction of sp³-hybridized carbons (Fsp3) is 1.00. The van der Waals surface area contributed by atoms with Crippen molar-refractivity contribution in [3.05, 3.63) is 0 Å². The van der Waals surface area contributed by atoms with Crippen LogP contribution in [0.4, 0.5) is 0 Å². The van der Waals surface area contributed by atoms with Crippen LogP contribution < -0.4 is 0 Å². The zero-order valence-electron chi connectivity index (χ0n) is 10.8. The minimum atomic E-state index is 0.0115. The predicted molar refractivity (Wildman–Crippen MR) is 68.3 cm³/mol. The van der Waals surface area contributed by atoms with Gasteiger partial charge in [0.15, 0.2) is 0 Å². The highest BCUT2D eigenvalue weighted by atomic mass is 16.3. The first-order valence-electron chi connectivity index (χ1n) is 7.47. The second-order valence-corrected chi connectivity index (χ2v) is 6.15. The van der Waals surface area contributed by atoms with Gasteiger partial charge in [-0.3, -0.25) is 0 Å². The standard InChI is InChI=1S/C15H28O/c1-2-12-8-5-9-14(10-12)15(16)11-13-6-3-4-7-13/h12-16H,2-11H2,1H3. The van der Waals surface area contributed by atoms with Gasteiger partial charge >= 0.3 is 0 Å². The van der Waals surface area contributed by atoms with Crippen molar-refractivity contribution in [2.24, 2.45) is 17.8 Å². The van der Waals surface area contributed by atoms with Crippen LogP contribution >= 0.6 is 0 Å². The van der Waals surface area contributed by atoms with E-state index in [1.807, 2.05) is 0 Å². The largest absolute Gasteiger partial charge is 0.393 e. The van der Waals surface area contributed by atoms with Crippen molar-refractivity contribution in [1.82, 2.24) is 0 Å². The maximum atomic E-state index is 10.3. The molecule has 2 rings (SSSR count). The monoisotopic (exact) mass is 224 g/mol. The topological polar surface area (TPSA) is 20.2 Å². The van der Waals surface area contributed by atoms with Crippen molar-refractivity contribution in [2.45, 2.75) is 77.2 Å². The molecule has 0 heterocycles. The molecule has 0 saturated heterocycles. The number of hydrogen-bond acceptors (Lipinski definition) is 1. The van der Waals surface area contributed by atoms with Crippen LogP contribution in [0.2, 0.25) is 0 Å². The second-order valence-electron chi connectivity index (χ2n) is 6.15. The molecular formula is C15H28O. The molecule has 94 valence electrons. The third kappa shape index (κ3) is 3.23. The summed E-state index contributed by atoms with van der Waals surface area (Å²) < 4.78 is 0. The fourth-order valence-electron chi connectivity index (χ4n) is 3.83. The zero-order chi connectivity index (χ0) is 11.4. The van der Waals surface area contributed by atoms with Gasteiger partial charge in [-0.1, -0.05) is 51.9 Å². The van der Waals surface area contributed by atoms with Gasteiger partial charge in [0.1, 0.15) is 0 Å². The van der Waals surface area contributed by atoms with Crippen LogP contribution in [0.3, 0.4) is 0 Å². The Balaban J connectivity index is 1.76. The molecule has 3 atom stereocenters. The quantitative estimate of drug-likeness (QED) is 0.760. The summed E-state index contributed by atoms with van der Waals surface area (Å²) in [7, 11) is 0. The molecule has 1 heteroatoms. The summed E-state index contributed by atoms with van der Waals surface area (Å²) in [4.78, 5) is 0. The molecule has 1 N–H and O–H groups in total. The van der Waals surface area contributed by atoms with Gasteiger partial charge in [-0.25, -0.2) is 0 Å². The molecule has 0 aromatic heterocycles. The first-order chi connectivity index (χ1) is 7.79. The normalized spacial score (nSPS) is 34.1. The Kier molecular flexibility index (Phi) is 4.69. The third-order valence-corrected chi connectivity index (χ3v) is 4.99. The Bertz CT molecular complexity index is 196. The van der Waals surface area contributed by atoms with Crippen molar-refractivity contribution >= 4 is 0 Å². The lowest BCUT2D eigenvalue weighted by Gasteiger charge is -2.32. The molecule has 0 aliphatic heterocycles. The highest BCUT2D eigenvalue weighted by Gasteiger charge is 2.28. The predicted octanol–water partition coefficient (Wildman–Crippen LogP) is 4.14. The summed E-state index contributed by atoms with van der Waals surface area (Å²) >= 11 is 0. The van der Waals surface area contributed by atoms with Crippen LogP contribution in [0.25, 0.3) is 0 Å². The van der Waals surface area contributed by atoms with Gasteiger partial charge in [0.25, 0.3) is 0 Å². The lowest BCUT2D eigenvalue weighted by molar-refractivity contribution is 0.0490. The molecule has 0 radical (unpaired) electrons. The van der Waals surface area contributed by atoms with E-state index in [4.69, 9.17) is 0 Å². The van der Waals surface area contributed by atoms with Crippen molar-refractivity contribution in [3.63, 3.8) is 0 Å². The van der Waals surface area contributed by atoms with E-state index >= 15 is 0 Å². The molecule has 16 heavy (non-hydrogen) atoms. The fourth-order valence-corrected chi connectivity index (χ4v) is 3.83. The Labute approximate surface area is 101 Å². The van der Waals surface area contributed by atoms with E-state index < -0.39 is 0 Å². The van der Waals surface area contributed by atoms with Gasteiger partial charge in [0.2, 0.25) is 0 Å². The van der Waals surface area contributed by atoms with Crippen molar-refractivity contribution in [3.8, 4) is 0 Å². The Hall–Kier alpha value is -0.0400. The summed E-state index contributed by atoms with van der Waals surface area (Å²) in [5.74, 6) is 2.37. The number of rotatable bonds is 4. The molecule has 0 spiro atoms. The summed E-state index contributed by atoms with van der Waals surface area (Å²) in [5, 5.41) is 10.3. The number of aliphatic hydroxyl groups excluding tert-OH is 1. The first-order valence-corrected chi connectivity index (χ1v) is 7.47. The van der Waals surface area contributed by atoms with E-state index in [1.165, 1.54) is 57.8 Å². The first kappa shape index (κ1) is 12.4. The van der Waals surface area contributed by atoms with Crippen LogP contribution in [-0.2, 0) is 0 Å². The number of hydrogen-bond donors (Lipinski definition) is 1. The van der Waals surface area contributed by atoms with Crippen LogP contribution in [0.15, 0.2) is 0 Å². The second kappa shape index (κ2) is 6.05. The van der Waals surface area contributed by atoms with Crippen LogP contribution in [0, 0.1) is 17.8 Å². The smallest absolute Gasteiger partial charge is 0.0571 e. The van der Waals surface area contributed by atoms with E-state index in [1.54, 1.807) is 0 Å². The summed E-state index contributed by atoms with van der Waals surface area (Å²) in [6.07, 6.45) is 13.3. The Morgan fingerprint density at radius 2 is 1.69 bits per heavy atom. The molecule has 2 aliphatic rings. The van der Waals surface area contributed by atoms with Gasteiger partial charge in [0.05, 0.1) is 6.10 Å². The molecule has 0 bridgehead atoms. The third-order valence-electron chi connectivity index (χ3n) is 4.99. The van der Waals surface area contributed by atoms with E-state index in [-0.39, 0.29) is 6.10 Å². The average Bonchev–Trinajstić information content (AvgIpc) is 2.82. The molecule has 0 aromatic carbocycles. The van der Waals surface area contributed by atoms with Gasteiger partial charge in [-0.15, -0.1) is 0 Å². The van der Waals surface area contributed by atoms with Gasteiger partial charge < -0.3 is 5.11 Å². The molecular weight excluding hydrogens is 196 g/mol. The lowest BCUT2D eigenvalue weighted by atomic mass is 9.76. The molecule has 1 nitrogen and oxygen atoms in total. The van der Waals surface area contributed by atoms with Gasteiger partial charge in [0, 0.05) is 0 Å². The lowest BCUT2D eigenvalue weighted by Crippen LogP contribution is -2.28. The average molecular weight is 224 g/mol. The molecule has 2 fully saturated rings. The summed E-state index contributed by atoms with van der Waals surface area (Å²) in [6.45, 7) is 2.30. The molecule has 3 unspecified atom stereocenters. The minimum Gasteiger partial charge on any atom is -0.393 e. The van der Waals surface area contributed by atoms with Crippen molar-refractivity contribution in [1.29, 1.82) is 0 Å². The van der Waals surface area contributed by atoms with Crippen LogP contribution in [0.1, 0.15) is 71.1 Å². The molecule has 0 amide bonds. The molecule has 0 aromatic rings. The van der Waals surface area contributed by atoms with E-state index in [0.29, 0.717) is 5.92 Å². The highest BCUT2D eigenvalue weighted by molar-refractivity contribution is 4.80. The molecule has 2 aliphatic carbocycles. The summed E-state index contributed by atoms with van der Waals surface area (Å²) in [6, 6.07) is 0. The summed E-state index contributed by atoms with van der Waals surface area (Å²) in [5.41, 5.74) is 0. The molecule has 2 saturated carbocycles. The SMILES string of the molecule is CCC1CCCC(C(O)CC2CCCC2)C1. The zero-order valence-corrected chi connectivity index (χ0v) is 10.8. The van der Waals surface area contributed by atoms with Crippen LogP contribution in [0.5, 0.6) is 0 Å². The van der Waals surface area contributed by atoms with Crippen molar-refractivity contribution < 1.29 is 5.11 Å². The Morgan fingerprint density at radius 1 is 1.00 bits per heavy atom. The number of aliphatic hydroxyl groups is 1. The maximum absolute atomic E-state index is 10.3. The van der Waals surface area contributed by atoms with Crippen LogP contribution in [-0.4, -0.2) is 11.2 Å². The Morgan fingerprint density at radius 3 is 2.38 bits per heavy atom.